The molecule has 6 nitrogen and oxygen atoms in total. The van der Waals surface area contributed by atoms with Gasteiger partial charge in [-0.2, -0.15) is 0 Å². The molecule has 0 radical (unpaired) electrons. The molecule has 1 aromatic carbocycles. The highest BCUT2D eigenvalue weighted by Crippen LogP contribution is 2.11. The van der Waals surface area contributed by atoms with E-state index < -0.39 is 0 Å². The van der Waals surface area contributed by atoms with Crippen molar-refractivity contribution >= 4 is 17.5 Å². The molecule has 1 heterocycles. The van der Waals surface area contributed by atoms with E-state index in [0.717, 1.165) is 5.69 Å². The molecule has 116 valence electrons. The highest BCUT2D eigenvalue weighted by Gasteiger charge is 2.08. The molecule has 0 aliphatic rings. The zero-order valence-corrected chi connectivity index (χ0v) is 12.6. The summed E-state index contributed by atoms with van der Waals surface area (Å²) in [6.07, 6.45) is 1.44. The number of rotatable bonds is 6. The molecule has 0 bridgehead atoms. The quantitative estimate of drug-likeness (QED) is 0.793. The molecule has 2 N–H and O–H groups in total. The van der Waals surface area contributed by atoms with Crippen LogP contribution < -0.4 is 15.5 Å². The van der Waals surface area contributed by atoms with Gasteiger partial charge in [-0.1, -0.05) is 0 Å². The van der Waals surface area contributed by atoms with Crippen molar-refractivity contribution in [2.45, 2.75) is 0 Å². The predicted molar refractivity (Wildman–Crippen MR) is 84.1 cm³/mol. The van der Waals surface area contributed by atoms with E-state index in [-0.39, 0.29) is 17.6 Å². The van der Waals surface area contributed by atoms with E-state index in [9.17, 15) is 9.59 Å². The van der Waals surface area contributed by atoms with Gasteiger partial charge < -0.3 is 20.0 Å². The van der Waals surface area contributed by atoms with Gasteiger partial charge in [0.2, 0.25) is 0 Å². The molecule has 0 saturated carbocycles. The van der Waals surface area contributed by atoms with Crippen LogP contribution in [-0.2, 0) is 0 Å². The highest BCUT2D eigenvalue weighted by atomic mass is 16.3. The molecule has 6 heteroatoms. The summed E-state index contributed by atoms with van der Waals surface area (Å²) in [5.41, 5.74) is 1.62. The lowest BCUT2D eigenvalue weighted by molar-refractivity contribution is 0.0910. The highest BCUT2D eigenvalue weighted by molar-refractivity contribution is 5.94. The van der Waals surface area contributed by atoms with Crippen LogP contribution in [-0.4, -0.2) is 39.0 Å². The van der Waals surface area contributed by atoms with Crippen LogP contribution in [0.25, 0.3) is 0 Å². The Labute approximate surface area is 129 Å². The second kappa shape index (κ2) is 7.31. The second-order valence-corrected chi connectivity index (χ2v) is 4.93. The lowest BCUT2D eigenvalue weighted by atomic mass is 10.2. The summed E-state index contributed by atoms with van der Waals surface area (Å²) in [5, 5.41) is 5.41. The fourth-order valence-electron chi connectivity index (χ4n) is 1.86. The van der Waals surface area contributed by atoms with Crippen LogP contribution in [0.3, 0.4) is 0 Å². The Morgan fingerprint density at radius 3 is 2.18 bits per heavy atom. The Balaban J connectivity index is 1.74. The molecular weight excluding hydrogens is 282 g/mol. The van der Waals surface area contributed by atoms with Gasteiger partial charge in [-0.3, -0.25) is 9.59 Å². The van der Waals surface area contributed by atoms with E-state index in [1.54, 1.807) is 24.3 Å². The summed E-state index contributed by atoms with van der Waals surface area (Å²) in [7, 11) is 3.88. The maximum absolute atomic E-state index is 11.9. The fourth-order valence-corrected chi connectivity index (χ4v) is 1.86. The molecule has 22 heavy (non-hydrogen) atoms. The van der Waals surface area contributed by atoms with Crippen molar-refractivity contribution in [3.05, 3.63) is 54.0 Å². The molecule has 2 rings (SSSR count). The standard InChI is InChI=1S/C16H19N3O3/c1-19(2)13-7-5-12(6-8-13)15(20)17-9-10-18-16(21)14-4-3-11-22-14/h3-8,11H,9-10H2,1-2H3,(H,17,20)(H,18,21). The van der Waals surface area contributed by atoms with Crippen molar-refractivity contribution in [1.82, 2.24) is 10.6 Å². The van der Waals surface area contributed by atoms with Crippen molar-refractivity contribution in [2.75, 3.05) is 32.1 Å². The predicted octanol–water partition coefficient (Wildman–Crippen LogP) is 1.51. The molecule has 0 aliphatic heterocycles. The summed E-state index contributed by atoms with van der Waals surface area (Å²) in [4.78, 5) is 25.5. The minimum absolute atomic E-state index is 0.169. The molecule has 0 spiro atoms. The molecule has 2 amide bonds. The van der Waals surface area contributed by atoms with Crippen molar-refractivity contribution in [3.63, 3.8) is 0 Å². The molecule has 0 atom stereocenters. The molecule has 0 fully saturated rings. The molecule has 1 aromatic heterocycles. The van der Waals surface area contributed by atoms with Crippen LogP contribution in [0.4, 0.5) is 5.69 Å². The van der Waals surface area contributed by atoms with Gasteiger partial charge in [0.1, 0.15) is 0 Å². The van der Waals surface area contributed by atoms with E-state index in [0.29, 0.717) is 18.7 Å². The van der Waals surface area contributed by atoms with Gasteiger partial charge in [-0.25, -0.2) is 0 Å². The average molecular weight is 301 g/mol. The first-order valence-electron chi connectivity index (χ1n) is 6.95. The molecular formula is C16H19N3O3. The van der Waals surface area contributed by atoms with Gasteiger partial charge in [-0.05, 0) is 36.4 Å². The van der Waals surface area contributed by atoms with Crippen molar-refractivity contribution in [2.24, 2.45) is 0 Å². The fraction of sp³-hybridized carbons (Fsp3) is 0.250. The molecule has 0 aliphatic carbocycles. The third-order valence-corrected chi connectivity index (χ3v) is 3.09. The first kappa shape index (κ1) is 15.6. The number of anilines is 1. The number of carbonyl (C=O) groups excluding carboxylic acids is 2. The summed E-state index contributed by atoms with van der Waals surface area (Å²) < 4.78 is 4.97. The Morgan fingerprint density at radius 2 is 1.64 bits per heavy atom. The smallest absolute Gasteiger partial charge is 0.287 e. The number of nitrogens with zero attached hydrogens (tertiary/aromatic N) is 1. The number of benzene rings is 1. The number of amides is 2. The van der Waals surface area contributed by atoms with Crippen molar-refractivity contribution < 1.29 is 14.0 Å². The van der Waals surface area contributed by atoms with Crippen LogP contribution in [0.15, 0.2) is 47.1 Å². The first-order chi connectivity index (χ1) is 10.6. The zero-order valence-electron chi connectivity index (χ0n) is 12.6. The maximum atomic E-state index is 11.9. The second-order valence-electron chi connectivity index (χ2n) is 4.93. The number of furan rings is 1. The zero-order chi connectivity index (χ0) is 15.9. The lowest BCUT2D eigenvalue weighted by Crippen LogP contribution is -2.34. The lowest BCUT2D eigenvalue weighted by Gasteiger charge is -2.12. The number of carbonyl (C=O) groups is 2. The Bertz CT molecular complexity index is 619. The molecule has 2 aromatic rings. The maximum Gasteiger partial charge on any atom is 0.287 e. The van der Waals surface area contributed by atoms with E-state index in [1.807, 2.05) is 31.1 Å². The van der Waals surface area contributed by atoms with Crippen LogP contribution in [0, 0.1) is 0 Å². The Kier molecular flexibility index (Phi) is 5.19. The van der Waals surface area contributed by atoms with Gasteiger partial charge in [0.05, 0.1) is 6.26 Å². The van der Waals surface area contributed by atoms with Gasteiger partial charge in [0.25, 0.3) is 11.8 Å². The summed E-state index contributed by atoms with van der Waals surface area (Å²) in [6.45, 7) is 0.682. The molecule has 0 unspecified atom stereocenters. The third kappa shape index (κ3) is 4.12. The summed E-state index contributed by atoms with van der Waals surface area (Å²) in [5.74, 6) is -0.210. The molecule has 0 saturated heterocycles. The van der Waals surface area contributed by atoms with Crippen molar-refractivity contribution in [1.29, 1.82) is 0 Å². The topological polar surface area (TPSA) is 74.6 Å². The van der Waals surface area contributed by atoms with Gasteiger partial charge >= 0.3 is 0 Å². The van der Waals surface area contributed by atoms with Gasteiger partial charge in [-0.15, -0.1) is 0 Å². The van der Waals surface area contributed by atoms with E-state index in [1.165, 1.54) is 6.26 Å². The Hall–Kier alpha value is -2.76. The van der Waals surface area contributed by atoms with E-state index in [4.69, 9.17) is 4.42 Å². The Morgan fingerprint density at radius 1 is 1.00 bits per heavy atom. The number of hydrogen-bond acceptors (Lipinski definition) is 4. The summed E-state index contributed by atoms with van der Waals surface area (Å²) in [6, 6.07) is 10.5. The minimum atomic E-state index is -0.297. The minimum Gasteiger partial charge on any atom is -0.459 e. The third-order valence-electron chi connectivity index (χ3n) is 3.09. The summed E-state index contributed by atoms with van der Waals surface area (Å²) >= 11 is 0. The van der Waals surface area contributed by atoms with Gasteiger partial charge in [0.15, 0.2) is 5.76 Å². The van der Waals surface area contributed by atoms with Crippen molar-refractivity contribution in [3.8, 4) is 0 Å². The number of nitrogens with one attached hydrogen (secondary N) is 2. The largest absolute Gasteiger partial charge is 0.459 e. The normalized spacial score (nSPS) is 10.1. The van der Waals surface area contributed by atoms with Crippen LogP contribution in [0.2, 0.25) is 0 Å². The van der Waals surface area contributed by atoms with Crippen LogP contribution in [0.1, 0.15) is 20.9 Å². The monoisotopic (exact) mass is 301 g/mol. The van der Waals surface area contributed by atoms with Crippen LogP contribution >= 0.6 is 0 Å². The van der Waals surface area contributed by atoms with Gasteiger partial charge in [0, 0.05) is 38.4 Å². The van der Waals surface area contributed by atoms with E-state index >= 15 is 0 Å². The van der Waals surface area contributed by atoms with Crippen LogP contribution in [0.5, 0.6) is 0 Å². The SMILES string of the molecule is CN(C)c1ccc(C(=O)NCCNC(=O)c2ccco2)cc1. The first-order valence-corrected chi connectivity index (χ1v) is 6.95. The van der Waals surface area contributed by atoms with E-state index in [2.05, 4.69) is 10.6 Å². The average Bonchev–Trinajstić information content (AvgIpc) is 3.05. The number of hydrogen-bond donors (Lipinski definition) is 2.